The molecular formula is C19H27N3O. The van der Waals surface area contributed by atoms with Crippen molar-refractivity contribution in [1.29, 1.82) is 0 Å². The Kier molecular flexibility index (Phi) is 5.47. The van der Waals surface area contributed by atoms with Crippen molar-refractivity contribution in [3.8, 4) is 0 Å². The molecule has 1 unspecified atom stereocenters. The average Bonchev–Trinajstić information content (AvgIpc) is 3.19. The monoisotopic (exact) mass is 313 g/mol. The van der Waals surface area contributed by atoms with Gasteiger partial charge < -0.3 is 4.74 Å². The molecule has 2 aromatic rings. The predicted octanol–water partition coefficient (Wildman–Crippen LogP) is 3.50. The van der Waals surface area contributed by atoms with Gasteiger partial charge in [0.1, 0.15) is 0 Å². The largest absolute Gasteiger partial charge is 0.376 e. The number of hydrogen-bond donors (Lipinski definition) is 0. The normalized spacial score (nSPS) is 18.8. The van der Waals surface area contributed by atoms with E-state index in [4.69, 9.17) is 4.74 Å². The van der Waals surface area contributed by atoms with Gasteiger partial charge in [-0.2, -0.15) is 5.10 Å². The molecule has 2 heterocycles. The van der Waals surface area contributed by atoms with Crippen molar-refractivity contribution in [3.63, 3.8) is 0 Å². The first-order valence-electron chi connectivity index (χ1n) is 8.59. The molecule has 0 bridgehead atoms. The summed E-state index contributed by atoms with van der Waals surface area (Å²) in [5.41, 5.74) is 2.42. The van der Waals surface area contributed by atoms with Crippen LogP contribution in [0, 0.1) is 5.92 Å². The first-order valence-corrected chi connectivity index (χ1v) is 8.59. The van der Waals surface area contributed by atoms with Crippen molar-refractivity contribution >= 4 is 0 Å². The third-order valence-corrected chi connectivity index (χ3v) is 4.41. The van der Waals surface area contributed by atoms with E-state index in [9.17, 15) is 0 Å². The summed E-state index contributed by atoms with van der Waals surface area (Å²) >= 11 is 0. The van der Waals surface area contributed by atoms with E-state index in [2.05, 4.69) is 60.4 Å². The van der Waals surface area contributed by atoms with Gasteiger partial charge in [0.05, 0.1) is 18.9 Å². The number of aromatic nitrogens is 2. The molecule has 1 aliphatic rings. The van der Waals surface area contributed by atoms with Crippen molar-refractivity contribution in [1.82, 2.24) is 14.7 Å². The number of likely N-dealkylation sites (tertiary alicyclic amines) is 1. The zero-order valence-corrected chi connectivity index (χ0v) is 14.2. The second kappa shape index (κ2) is 7.75. The smallest absolute Gasteiger partial charge is 0.0764 e. The molecule has 0 N–H and O–H groups in total. The summed E-state index contributed by atoms with van der Waals surface area (Å²) in [4.78, 5) is 2.49. The maximum absolute atomic E-state index is 5.89. The molecule has 1 saturated heterocycles. The first-order chi connectivity index (χ1) is 11.2. The highest BCUT2D eigenvalue weighted by Crippen LogP contribution is 2.19. The summed E-state index contributed by atoms with van der Waals surface area (Å²) < 4.78 is 7.92. The van der Waals surface area contributed by atoms with Crippen molar-refractivity contribution in [3.05, 3.63) is 53.9 Å². The zero-order chi connectivity index (χ0) is 16.1. The van der Waals surface area contributed by atoms with Gasteiger partial charge in [-0.05, 0) is 44.4 Å². The van der Waals surface area contributed by atoms with Gasteiger partial charge in [-0.25, -0.2) is 0 Å². The van der Waals surface area contributed by atoms with E-state index in [1.807, 2.05) is 10.7 Å². The van der Waals surface area contributed by atoms with Crippen molar-refractivity contribution < 1.29 is 4.74 Å². The molecule has 1 aromatic carbocycles. The SMILES string of the molecule is CC(C)n1ccc(CN2CCC(COCc3ccccc3)C2)n1. The van der Waals surface area contributed by atoms with Crippen LogP contribution in [0.25, 0.3) is 0 Å². The Labute approximate surface area is 139 Å². The number of benzene rings is 1. The minimum absolute atomic E-state index is 0.432. The molecule has 0 spiro atoms. The van der Waals surface area contributed by atoms with Crippen LogP contribution >= 0.6 is 0 Å². The molecule has 0 radical (unpaired) electrons. The summed E-state index contributed by atoms with van der Waals surface area (Å²) in [6, 6.07) is 13.0. The van der Waals surface area contributed by atoms with Gasteiger partial charge in [-0.3, -0.25) is 9.58 Å². The van der Waals surface area contributed by atoms with E-state index < -0.39 is 0 Å². The lowest BCUT2D eigenvalue weighted by Crippen LogP contribution is -2.22. The second-order valence-corrected chi connectivity index (χ2v) is 6.77. The standard InChI is InChI=1S/C19H27N3O/c1-16(2)22-11-9-19(20-22)13-21-10-8-18(12-21)15-23-14-17-6-4-3-5-7-17/h3-7,9,11,16,18H,8,10,12-15H2,1-2H3. The molecule has 4 heteroatoms. The zero-order valence-electron chi connectivity index (χ0n) is 14.2. The Morgan fingerprint density at radius 1 is 1.22 bits per heavy atom. The molecular weight excluding hydrogens is 286 g/mol. The van der Waals surface area contributed by atoms with Crippen LogP contribution in [0.3, 0.4) is 0 Å². The topological polar surface area (TPSA) is 30.3 Å². The lowest BCUT2D eigenvalue weighted by atomic mass is 10.1. The summed E-state index contributed by atoms with van der Waals surface area (Å²) in [6.07, 6.45) is 3.30. The number of rotatable bonds is 7. The Balaban J connectivity index is 1.39. The van der Waals surface area contributed by atoms with Gasteiger partial charge >= 0.3 is 0 Å². The molecule has 0 aliphatic carbocycles. The molecule has 1 aromatic heterocycles. The molecule has 3 rings (SSSR count). The molecule has 1 fully saturated rings. The van der Waals surface area contributed by atoms with Crippen LogP contribution in [-0.2, 0) is 17.9 Å². The van der Waals surface area contributed by atoms with E-state index in [0.717, 1.165) is 32.8 Å². The molecule has 23 heavy (non-hydrogen) atoms. The predicted molar refractivity (Wildman–Crippen MR) is 92.1 cm³/mol. The van der Waals surface area contributed by atoms with Crippen LogP contribution in [0.5, 0.6) is 0 Å². The van der Waals surface area contributed by atoms with E-state index in [1.165, 1.54) is 17.7 Å². The number of hydrogen-bond acceptors (Lipinski definition) is 3. The Morgan fingerprint density at radius 3 is 2.78 bits per heavy atom. The Bertz CT molecular complexity index is 594. The van der Waals surface area contributed by atoms with E-state index >= 15 is 0 Å². The first kappa shape index (κ1) is 16.2. The fourth-order valence-corrected chi connectivity index (χ4v) is 3.09. The van der Waals surface area contributed by atoms with Gasteiger partial charge in [-0.15, -0.1) is 0 Å². The second-order valence-electron chi connectivity index (χ2n) is 6.77. The lowest BCUT2D eigenvalue weighted by molar-refractivity contribution is 0.0884. The van der Waals surface area contributed by atoms with Crippen molar-refractivity contribution in [2.75, 3.05) is 19.7 Å². The molecule has 1 atom stereocenters. The van der Waals surface area contributed by atoms with Crippen molar-refractivity contribution in [2.24, 2.45) is 5.92 Å². The summed E-state index contributed by atoms with van der Waals surface area (Å²) in [5.74, 6) is 0.644. The Hall–Kier alpha value is -1.65. The van der Waals surface area contributed by atoms with Gasteiger partial charge in [0.25, 0.3) is 0 Å². The average molecular weight is 313 g/mol. The van der Waals surface area contributed by atoms with E-state index in [-0.39, 0.29) is 0 Å². The molecule has 1 aliphatic heterocycles. The fourth-order valence-electron chi connectivity index (χ4n) is 3.09. The molecule has 124 valence electrons. The highest BCUT2D eigenvalue weighted by Gasteiger charge is 2.23. The maximum atomic E-state index is 5.89. The minimum Gasteiger partial charge on any atom is -0.376 e. The lowest BCUT2D eigenvalue weighted by Gasteiger charge is -2.15. The highest BCUT2D eigenvalue weighted by atomic mass is 16.5. The molecule has 0 amide bonds. The van der Waals surface area contributed by atoms with E-state index in [0.29, 0.717) is 12.0 Å². The van der Waals surface area contributed by atoms with Crippen LogP contribution in [-0.4, -0.2) is 34.4 Å². The van der Waals surface area contributed by atoms with Crippen LogP contribution in [0.15, 0.2) is 42.6 Å². The van der Waals surface area contributed by atoms with Crippen molar-refractivity contribution in [2.45, 2.75) is 39.5 Å². The van der Waals surface area contributed by atoms with E-state index in [1.54, 1.807) is 0 Å². The van der Waals surface area contributed by atoms with Crippen LogP contribution in [0.1, 0.15) is 37.6 Å². The fraction of sp³-hybridized carbons (Fsp3) is 0.526. The molecule has 0 saturated carbocycles. The van der Waals surface area contributed by atoms with Gasteiger partial charge in [0.15, 0.2) is 0 Å². The third-order valence-electron chi connectivity index (χ3n) is 4.41. The summed E-state index contributed by atoms with van der Waals surface area (Å²) in [6.45, 7) is 9.10. The maximum Gasteiger partial charge on any atom is 0.0764 e. The van der Waals surface area contributed by atoms with Crippen LogP contribution in [0.4, 0.5) is 0 Å². The summed E-state index contributed by atoms with van der Waals surface area (Å²) in [5, 5.41) is 4.64. The van der Waals surface area contributed by atoms with Crippen LogP contribution in [0.2, 0.25) is 0 Å². The van der Waals surface area contributed by atoms with Gasteiger partial charge in [-0.1, -0.05) is 30.3 Å². The van der Waals surface area contributed by atoms with Gasteiger partial charge in [0, 0.05) is 25.3 Å². The number of nitrogens with zero attached hydrogens (tertiary/aromatic N) is 3. The van der Waals surface area contributed by atoms with Crippen LogP contribution < -0.4 is 0 Å². The summed E-state index contributed by atoms with van der Waals surface area (Å²) in [7, 11) is 0. The number of ether oxygens (including phenoxy) is 1. The molecule has 4 nitrogen and oxygen atoms in total. The highest BCUT2D eigenvalue weighted by molar-refractivity contribution is 5.13. The minimum atomic E-state index is 0.432. The van der Waals surface area contributed by atoms with Gasteiger partial charge in [0.2, 0.25) is 0 Å². The third kappa shape index (κ3) is 4.66. The quantitative estimate of drug-likeness (QED) is 0.784. The Morgan fingerprint density at radius 2 is 2.04 bits per heavy atom.